The van der Waals surface area contributed by atoms with E-state index in [0.717, 1.165) is 0 Å². The topological polar surface area (TPSA) is 120 Å². The van der Waals surface area contributed by atoms with E-state index >= 15 is 0 Å². The van der Waals surface area contributed by atoms with Gasteiger partial charge in [-0.2, -0.15) is 8.42 Å². The number of H-pyrrole nitrogens is 2. The van der Waals surface area contributed by atoms with Crippen LogP contribution in [0.1, 0.15) is 0 Å². The Morgan fingerprint density at radius 3 is 2.25 bits per heavy atom. The summed E-state index contributed by atoms with van der Waals surface area (Å²) in [5.74, 6) is 0. The molecular formula is C4H4N2O5S. The molecule has 0 aromatic carbocycles. The Bertz CT molecular complexity index is 466. The zero-order valence-corrected chi connectivity index (χ0v) is 6.38. The summed E-state index contributed by atoms with van der Waals surface area (Å²) in [6, 6.07) is 0.566. The zero-order valence-electron chi connectivity index (χ0n) is 5.57. The molecule has 0 amide bonds. The summed E-state index contributed by atoms with van der Waals surface area (Å²) in [5, 5.41) is -0.823. The van der Waals surface area contributed by atoms with Crippen LogP contribution in [0.3, 0.4) is 0 Å². The molecule has 0 radical (unpaired) electrons. The lowest BCUT2D eigenvalue weighted by Gasteiger charge is -1.92. The van der Waals surface area contributed by atoms with E-state index in [-0.39, 0.29) is 0 Å². The monoisotopic (exact) mass is 192 g/mol. The number of aromatic amines is 2. The average Bonchev–Trinajstić information content (AvgIpc) is 1.82. The van der Waals surface area contributed by atoms with Crippen LogP contribution in [0.25, 0.3) is 0 Å². The van der Waals surface area contributed by atoms with Crippen molar-refractivity contribution in [2.24, 2.45) is 0 Å². The lowest BCUT2D eigenvalue weighted by atomic mass is 10.7. The number of aromatic nitrogens is 2. The van der Waals surface area contributed by atoms with E-state index in [1.54, 1.807) is 9.97 Å². The van der Waals surface area contributed by atoms with Crippen molar-refractivity contribution in [3.05, 3.63) is 26.9 Å². The molecule has 0 aliphatic rings. The second kappa shape index (κ2) is 2.57. The molecular weight excluding hydrogens is 188 g/mol. The fourth-order valence-electron chi connectivity index (χ4n) is 0.585. The normalized spacial score (nSPS) is 11.4. The lowest BCUT2D eigenvalue weighted by molar-refractivity contribution is 0.478. The van der Waals surface area contributed by atoms with Gasteiger partial charge in [0.25, 0.3) is 5.56 Å². The van der Waals surface area contributed by atoms with Crippen LogP contribution in [0.5, 0.6) is 0 Å². The van der Waals surface area contributed by atoms with Crippen molar-refractivity contribution >= 4 is 10.1 Å². The van der Waals surface area contributed by atoms with Gasteiger partial charge in [-0.1, -0.05) is 0 Å². The van der Waals surface area contributed by atoms with Crippen molar-refractivity contribution in [3.8, 4) is 0 Å². The van der Waals surface area contributed by atoms with E-state index in [1.807, 2.05) is 0 Å². The van der Waals surface area contributed by atoms with Gasteiger partial charge in [0.1, 0.15) is 0 Å². The quantitative estimate of drug-likeness (QED) is 0.362. The summed E-state index contributed by atoms with van der Waals surface area (Å²) >= 11 is 0. The highest BCUT2D eigenvalue weighted by atomic mass is 32.2. The molecule has 0 spiro atoms. The summed E-state index contributed by atoms with van der Waals surface area (Å²) in [6.07, 6.45) is 0. The summed E-state index contributed by atoms with van der Waals surface area (Å²) in [6.45, 7) is 0. The molecule has 1 aromatic heterocycles. The Hall–Kier alpha value is -1.41. The van der Waals surface area contributed by atoms with Crippen LogP contribution >= 0.6 is 0 Å². The highest BCUT2D eigenvalue weighted by Crippen LogP contribution is 1.95. The van der Waals surface area contributed by atoms with Gasteiger partial charge in [0.2, 0.25) is 0 Å². The van der Waals surface area contributed by atoms with Crippen molar-refractivity contribution in [2.75, 3.05) is 0 Å². The minimum atomic E-state index is -4.52. The number of hydrogen-bond acceptors (Lipinski definition) is 4. The van der Waals surface area contributed by atoms with Crippen LogP contribution in [-0.4, -0.2) is 22.9 Å². The predicted octanol–water partition coefficient (Wildman–Crippen LogP) is -1.69. The van der Waals surface area contributed by atoms with Crippen LogP contribution in [0.15, 0.2) is 20.7 Å². The van der Waals surface area contributed by atoms with Crippen molar-refractivity contribution in [1.82, 2.24) is 9.97 Å². The third-order valence-electron chi connectivity index (χ3n) is 1.01. The molecule has 0 aliphatic carbocycles. The van der Waals surface area contributed by atoms with Crippen LogP contribution in [0, 0.1) is 0 Å². The largest absolute Gasteiger partial charge is 0.326 e. The van der Waals surface area contributed by atoms with Crippen molar-refractivity contribution in [1.29, 1.82) is 0 Å². The lowest BCUT2D eigenvalue weighted by Crippen LogP contribution is -2.24. The Balaban J connectivity index is 3.59. The molecule has 3 N–H and O–H groups in total. The number of hydrogen-bond donors (Lipinski definition) is 3. The van der Waals surface area contributed by atoms with E-state index in [1.165, 1.54) is 0 Å². The maximum absolute atomic E-state index is 10.5. The van der Waals surface area contributed by atoms with E-state index < -0.39 is 26.4 Å². The summed E-state index contributed by atoms with van der Waals surface area (Å²) in [4.78, 5) is 24.5. The van der Waals surface area contributed by atoms with Crippen LogP contribution in [0.2, 0.25) is 0 Å². The Morgan fingerprint density at radius 1 is 1.25 bits per heavy atom. The first-order valence-corrected chi connectivity index (χ1v) is 4.15. The number of rotatable bonds is 1. The molecule has 0 saturated heterocycles. The highest BCUT2D eigenvalue weighted by molar-refractivity contribution is 7.85. The molecule has 0 unspecified atom stereocenters. The van der Waals surface area contributed by atoms with Crippen molar-refractivity contribution in [3.63, 3.8) is 0 Å². The first-order chi connectivity index (χ1) is 5.39. The minimum Gasteiger partial charge on any atom is -0.296 e. The third kappa shape index (κ3) is 1.80. The molecule has 7 nitrogen and oxygen atoms in total. The molecule has 66 valence electrons. The second-order valence-electron chi connectivity index (χ2n) is 1.93. The molecule has 1 rings (SSSR count). The van der Waals surface area contributed by atoms with Crippen LogP contribution < -0.4 is 11.2 Å². The van der Waals surface area contributed by atoms with Gasteiger partial charge in [0, 0.05) is 6.07 Å². The van der Waals surface area contributed by atoms with Gasteiger partial charge in [-0.3, -0.25) is 19.3 Å². The SMILES string of the molecule is O=c1cc(S(=O)(=O)O)[nH]c(=O)[nH]1. The Kier molecular flexibility index (Phi) is 1.86. The summed E-state index contributed by atoms with van der Waals surface area (Å²) in [5.41, 5.74) is -1.89. The maximum atomic E-state index is 10.5. The Labute approximate surface area is 65.8 Å². The molecule has 12 heavy (non-hydrogen) atoms. The predicted molar refractivity (Wildman–Crippen MR) is 37.5 cm³/mol. The van der Waals surface area contributed by atoms with Gasteiger partial charge in [-0.25, -0.2) is 4.79 Å². The third-order valence-corrected chi connectivity index (χ3v) is 1.79. The summed E-state index contributed by atoms with van der Waals surface area (Å²) in [7, 11) is -4.52. The fourth-order valence-corrected chi connectivity index (χ4v) is 1.06. The van der Waals surface area contributed by atoms with E-state index in [2.05, 4.69) is 0 Å². The minimum absolute atomic E-state index is 0.566. The first-order valence-electron chi connectivity index (χ1n) is 2.71. The smallest absolute Gasteiger partial charge is 0.296 e. The number of nitrogens with one attached hydrogen (secondary N) is 2. The van der Waals surface area contributed by atoms with E-state index in [9.17, 15) is 18.0 Å². The van der Waals surface area contributed by atoms with E-state index in [4.69, 9.17) is 4.55 Å². The van der Waals surface area contributed by atoms with Crippen LogP contribution in [0.4, 0.5) is 0 Å². The van der Waals surface area contributed by atoms with Crippen molar-refractivity contribution < 1.29 is 13.0 Å². The molecule has 0 atom stereocenters. The average molecular weight is 192 g/mol. The molecule has 1 heterocycles. The second-order valence-corrected chi connectivity index (χ2v) is 3.32. The van der Waals surface area contributed by atoms with Gasteiger partial charge in [0.15, 0.2) is 5.03 Å². The molecule has 8 heteroatoms. The molecule has 0 fully saturated rings. The van der Waals surface area contributed by atoms with Gasteiger partial charge >= 0.3 is 15.8 Å². The molecule has 0 saturated carbocycles. The molecule has 0 aliphatic heterocycles. The maximum Gasteiger partial charge on any atom is 0.326 e. The van der Waals surface area contributed by atoms with Crippen molar-refractivity contribution in [2.45, 2.75) is 5.03 Å². The van der Waals surface area contributed by atoms with Gasteiger partial charge in [-0.15, -0.1) is 0 Å². The van der Waals surface area contributed by atoms with Crippen LogP contribution in [-0.2, 0) is 10.1 Å². The van der Waals surface area contributed by atoms with Gasteiger partial charge in [0.05, 0.1) is 0 Å². The molecule has 0 bridgehead atoms. The zero-order chi connectivity index (χ0) is 9.35. The standard InChI is InChI=1S/C4H4N2O5S/c7-2-1-3(12(9,10)11)6-4(8)5-2/h1H,(H,9,10,11)(H2,5,6,7,8). The summed E-state index contributed by atoms with van der Waals surface area (Å²) < 4.78 is 29.1. The van der Waals surface area contributed by atoms with Gasteiger partial charge in [-0.05, 0) is 0 Å². The first kappa shape index (κ1) is 8.68. The Morgan fingerprint density at radius 2 is 1.83 bits per heavy atom. The molecule has 1 aromatic rings. The highest BCUT2D eigenvalue weighted by Gasteiger charge is 2.10. The van der Waals surface area contributed by atoms with Gasteiger partial charge < -0.3 is 0 Å². The fraction of sp³-hybridized carbons (Fsp3) is 0. The van der Waals surface area contributed by atoms with E-state index in [0.29, 0.717) is 6.07 Å².